The summed E-state index contributed by atoms with van der Waals surface area (Å²) >= 11 is 0. The fourth-order valence-corrected chi connectivity index (χ4v) is 3.38. The van der Waals surface area contributed by atoms with E-state index in [-0.39, 0.29) is 28.8 Å². The average Bonchev–Trinajstić information content (AvgIpc) is 2.70. The minimum atomic E-state index is -0.0865. The average molecular weight is 250 g/mol. The van der Waals surface area contributed by atoms with E-state index in [0.29, 0.717) is 11.3 Å². The molecule has 0 bridgehead atoms. The third-order valence-corrected chi connectivity index (χ3v) is 4.47. The first-order chi connectivity index (χ1) is 8.19. The number of amides is 1. The molecule has 1 fully saturated rings. The summed E-state index contributed by atoms with van der Waals surface area (Å²) < 4.78 is 5.16. The van der Waals surface area contributed by atoms with Crippen LogP contribution in [-0.2, 0) is 0 Å². The molecule has 0 aromatic carbocycles. The van der Waals surface area contributed by atoms with Crippen LogP contribution >= 0.6 is 0 Å². The number of rotatable bonds is 2. The van der Waals surface area contributed by atoms with Gasteiger partial charge >= 0.3 is 0 Å². The maximum absolute atomic E-state index is 12.2. The Morgan fingerprint density at radius 1 is 1.33 bits per heavy atom. The topological polar surface area (TPSA) is 68.3 Å². The minimum Gasteiger partial charge on any atom is -0.469 e. The Hall–Kier alpha value is -1.29. The van der Waals surface area contributed by atoms with Crippen molar-refractivity contribution in [1.29, 1.82) is 0 Å². The third-order valence-electron chi connectivity index (χ3n) is 4.47. The van der Waals surface area contributed by atoms with Crippen LogP contribution < -0.4 is 11.1 Å². The summed E-state index contributed by atoms with van der Waals surface area (Å²) in [5.41, 5.74) is 6.61. The highest BCUT2D eigenvalue weighted by Gasteiger charge is 2.60. The first-order valence-electron chi connectivity index (χ1n) is 6.29. The summed E-state index contributed by atoms with van der Waals surface area (Å²) in [6.45, 7) is 10.2. The molecule has 0 atom stereocenters. The fourth-order valence-electron chi connectivity index (χ4n) is 3.38. The molecule has 1 amide bonds. The first kappa shape index (κ1) is 13.1. The lowest BCUT2D eigenvalue weighted by molar-refractivity contribution is -0.0663. The van der Waals surface area contributed by atoms with Crippen molar-refractivity contribution in [3.63, 3.8) is 0 Å². The smallest absolute Gasteiger partial charge is 0.255 e. The van der Waals surface area contributed by atoms with Gasteiger partial charge in [0.1, 0.15) is 5.76 Å². The van der Waals surface area contributed by atoms with E-state index in [1.54, 1.807) is 13.0 Å². The molecular formula is C14H22N2O2. The third kappa shape index (κ3) is 1.67. The minimum absolute atomic E-state index is 0.0711. The van der Waals surface area contributed by atoms with Crippen molar-refractivity contribution in [3.05, 3.63) is 23.7 Å². The molecular weight excluding hydrogens is 228 g/mol. The lowest BCUT2D eigenvalue weighted by atomic mass is 9.48. The van der Waals surface area contributed by atoms with E-state index in [1.165, 1.54) is 6.26 Å². The normalized spacial score (nSPS) is 28.6. The van der Waals surface area contributed by atoms with Gasteiger partial charge in [-0.2, -0.15) is 0 Å². The van der Waals surface area contributed by atoms with Gasteiger partial charge in [0.25, 0.3) is 5.91 Å². The monoisotopic (exact) mass is 250 g/mol. The zero-order valence-corrected chi connectivity index (χ0v) is 11.7. The van der Waals surface area contributed by atoms with E-state index < -0.39 is 0 Å². The van der Waals surface area contributed by atoms with Crippen LogP contribution in [0.3, 0.4) is 0 Å². The Morgan fingerprint density at radius 2 is 1.89 bits per heavy atom. The standard InChI is InChI=1S/C14H22N2O2/c1-8-9(6-7-18-8)10(17)16-12-13(2,3)11(15)14(12,4)5/h6-7,11-12H,15H2,1-5H3,(H,16,17). The summed E-state index contributed by atoms with van der Waals surface area (Å²) in [4.78, 5) is 12.2. The summed E-state index contributed by atoms with van der Waals surface area (Å²) in [5, 5.41) is 3.09. The van der Waals surface area contributed by atoms with E-state index in [9.17, 15) is 4.79 Å². The molecule has 18 heavy (non-hydrogen) atoms. The second-order valence-electron chi connectivity index (χ2n) is 6.42. The second kappa shape index (κ2) is 3.85. The highest BCUT2D eigenvalue weighted by atomic mass is 16.3. The molecule has 2 rings (SSSR count). The highest BCUT2D eigenvalue weighted by Crippen LogP contribution is 2.52. The van der Waals surface area contributed by atoms with Crippen molar-refractivity contribution in [2.75, 3.05) is 0 Å². The number of hydrogen-bond acceptors (Lipinski definition) is 3. The van der Waals surface area contributed by atoms with Crippen molar-refractivity contribution in [2.45, 2.75) is 46.7 Å². The van der Waals surface area contributed by atoms with Crippen LogP contribution in [0.15, 0.2) is 16.7 Å². The van der Waals surface area contributed by atoms with Gasteiger partial charge in [-0.05, 0) is 13.0 Å². The van der Waals surface area contributed by atoms with Crippen molar-refractivity contribution in [2.24, 2.45) is 16.6 Å². The Morgan fingerprint density at radius 3 is 2.33 bits per heavy atom. The number of nitrogens with one attached hydrogen (secondary N) is 1. The van der Waals surface area contributed by atoms with Crippen LogP contribution in [0.1, 0.15) is 43.8 Å². The van der Waals surface area contributed by atoms with E-state index in [2.05, 4.69) is 33.0 Å². The maximum atomic E-state index is 12.2. The molecule has 1 aliphatic rings. The number of carbonyl (C=O) groups is 1. The Labute approximate surface area is 108 Å². The van der Waals surface area contributed by atoms with E-state index in [4.69, 9.17) is 10.2 Å². The molecule has 1 heterocycles. The van der Waals surface area contributed by atoms with Crippen LogP contribution in [0.5, 0.6) is 0 Å². The van der Waals surface area contributed by atoms with Gasteiger partial charge in [0, 0.05) is 22.9 Å². The Kier molecular flexibility index (Phi) is 2.81. The van der Waals surface area contributed by atoms with E-state index >= 15 is 0 Å². The first-order valence-corrected chi connectivity index (χ1v) is 6.29. The molecule has 0 saturated heterocycles. The van der Waals surface area contributed by atoms with Gasteiger partial charge in [0.15, 0.2) is 0 Å². The molecule has 0 aliphatic heterocycles. The van der Waals surface area contributed by atoms with Crippen LogP contribution in [0.4, 0.5) is 0 Å². The van der Waals surface area contributed by atoms with Gasteiger partial charge in [-0.3, -0.25) is 4.79 Å². The molecule has 0 spiro atoms. The number of nitrogens with two attached hydrogens (primary N) is 1. The van der Waals surface area contributed by atoms with Crippen LogP contribution in [0.25, 0.3) is 0 Å². The van der Waals surface area contributed by atoms with Gasteiger partial charge in [-0.25, -0.2) is 0 Å². The molecule has 3 N–H and O–H groups in total. The Balaban J connectivity index is 2.16. The molecule has 1 aliphatic carbocycles. The predicted molar refractivity (Wildman–Crippen MR) is 70.2 cm³/mol. The number of aryl methyl sites for hydroxylation is 1. The molecule has 100 valence electrons. The van der Waals surface area contributed by atoms with Crippen molar-refractivity contribution in [1.82, 2.24) is 5.32 Å². The van der Waals surface area contributed by atoms with Gasteiger partial charge in [-0.15, -0.1) is 0 Å². The van der Waals surface area contributed by atoms with Gasteiger partial charge < -0.3 is 15.5 Å². The fraction of sp³-hybridized carbons (Fsp3) is 0.643. The summed E-state index contributed by atoms with van der Waals surface area (Å²) in [5.74, 6) is 0.561. The summed E-state index contributed by atoms with van der Waals surface area (Å²) in [6, 6.07) is 1.85. The lowest BCUT2D eigenvalue weighted by Crippen LogP contribution is -2.76. The van der Waals surface area contributed by atoms with Crippen LogP contribution in [-0.4, -0.2) is 18.0 Å². The van der Waals surface area contributed by atoms with Gasteiger partial charge in [-0.1, -0.05) is 27.7 Å². The lowest BCUT2D eigenvalue weighted by Gasteiger charge is -2.62. The van der Waals surface area contributed by atoms with Crippen molar-refractivity contribution >= 4 is 5.91 Å². The SMILES string of the molecule is Cc1occc1C(=O)NC1C(C)(C)C(N)C1(C)C. The highest BCUT2D eigenvalue weighted by molar-refractivity contribution is 5.95. The molecule has 1 aromatic heterocycles. The maximum Gasteiger partial charge on any atom is 0.255 e. The van der Waals surface area contributed by atoms with Crippen molar-refractivity contribution < 1.29 is 9.21 Å². The molecule has 0 unspecified atom stereocenters. The van der Waals surface area contributed by atoms with Gasteiger partial charge in [0.05, 0.1) is 11.8 Å². The zero-order valence-electron chi connectivity index (χ0n) is 11.7. The van der Waals surface area contributed by atoms with Crippen LogP contribution in [0.2, 0.25) is 0 Å². The Bertz CT molecular complexity index is 458. The number of furan rings is 1. The zero-order chi connectivity index (χ0) is 13.7. The molecule has 4 nitrogen and oxygen atoms in total. The van der Waals surface area contributed by atoms with Crippen molar-refractivity contribution in [3.8, 4) is 0 Å². The predicted octanol–water partition coefficient (Wildman–Crippen LogP) is 2.08. The summed E-state index contributed by atoms with van der Waals surface area (Å²) in [6.07, 6.45) is 1.53. The molecule has 4 heteroatoms. The number of hydrogen-bond donors (Lipinski definition) is 2. The molecule has 0 radical (unpaired) electrons. The quantitative estimate of drug-likeness (QED) is 0.844. The molecule has 1 aromatic rings. The second-order valence-corrected chi connectivity index (χ2v) is 6.42. The van der Waals surface area contributed by atoms with Gasteiger partial charge in [0.2, 0.25) is 0 Å². The summed E-state index contributed by atoms with van der Waals surface area (Å²) in [7, 11) is 0. The largest absolute Gasteiger partial charge is 0.469 e. The van der Waals surface area contributed by atoms with E-state index in [1.807, 2.05) is 0 Å². The van der Waals surface area contributed by atoms with Crippen LogP contribution in [0, 0.1) is 17.8 Å². The molecule has 1 saturated carbocycles. The van der Waals surface area contributed by atoms with E-state index in [0.717, 1.165) is 0 Å². The number of carbonyl (C=O) groups excluding carboxylic acids is 1.